The van der Waals surface area contributed by atoms with Gasteiger partial charge >= 0.3 is 6.09 Å². The molecule has 0 radical (unpaired) electrons. The molecule has 294 valence electrons. The number of allylic oxidation sites excluding steroid dienone is 1. The van der Waals surface area contributed by atoms with Crippen molar-refractivity contribution in [2.75, 3.05) is 13.3 Å². The first-order valence-electron chi connectivity index (χ1n) is 18.6. The molecule has 16 nitrogen and oxygen atoms in total. The summed E-state index contributed by atoms with van der Waals surface area (Å²) in [5.74, 6) is -1.60. The van der Waals surface area contributed by atoms with E-state index in [1.165, 1.54) is 21.9 Å². The number of hydrogen-bond donors (Lipinski definition) is 3. The van der Waals surface area contributed by atoms with Crippen LogP contribution in [0, 0.1) is 5.92 Å². The van der Waals surface area contributed by atoms with Gasteiger partial charge in [0.1, 0.15) is 23.7 Å². The van der Waals surface area contributed by atoms with Gasteiger partial charge in [0.2, 0.25) is 38.7 Å². The lowest BCUT2D eigenvalue weighted by molar-refractivity contribution is -0.141. The van der Waals surface area contributed by atoms with Gasteiger partial charge in [-0.25, -0.2) is 21.6 Å². The highest BCUT2D eigenvalue weighted by Crippen LogP contribution is 2.46. The molecule has 3 N–H and O–H groups in total. The summed E-state index contributed by atoms with van der Waals surface area (Å²) in [6.07, 6.45) is 5.59. The summed E-state index contributed by atoms with van der Waals surface area (Å²) in [5, 5.41) is 2.12. The summed E-state index contributed by atoms with van der Waals surface area (Å²) in [6, 6.07) is 8.74. The van der Waals surface area contributed by atoms with Crippen LogP contribution < -0.4 is 24.2 Å². The van der Waals surface area contributed by atoms with Gasteiger partial charge in [-0.1, -0.05) is 43.2 Å². The van der Waals surface area contributed by atoms with Crippen LogP contribution in [-0.4, -0.2) is 92.8 Å². The molecule has 0 bridgehead atoms. The molecule has 1 saturated heterocycles. The van der Waals surface area contributed by atoms with Gasteiger partial charge in [0, 0.05) is 25.4 Å². The van der Waals surface area contributed by atoms with Crippen LogP contribution in [-0.2, 0) is 52.3 Å². The molecule has 55 heavy (non-hydrogen) atoms. The molecule has 6 aliphatic rings. The van der Waals surface area contributed by atoms with Gasteiger partial charge in [0.05, 0.1) is 16.7 Å². The average molecular weight is 798 g/mol. The molecule has 2 aromatic rings. The highest BCUT2D eigenvalue weighted by molar-refractivity contribution is 7.91. The molecule has 8 rings (SSSR count). The zero-order valence-corrected chi connectivity index (χ0v) is 31.6. The third kappa shape index (κ3) is 7.63. The third-order valence-corrected chi connectivity index (χ3v) is 14.4. The van der Waals surface area contributed by atoms with Gasteiger partial charge in [0.15, 0.2) is 11.5 Å². The van der Waals surface area contributed by atoms with Crippen molar-refractivity contribution >= 4 is 43.9 Å². The fraction of sp³-hybridized carbons (Fsp3) is 0.514. The second-order valence-corrected chi connectivity index (χ2v) is 18.8. The van der Waals surface area contributed by atoms with Crippen LogP contribution >= 0.6 is 0 Å². The fourth-order valence-corrected chi connectivity index (χ4v) is 10.4. The Morgan fingerprint density at radius 1 is 0.927 bits per heavy atom. The SMILES string of the molecule is O=C1N[C@]2(C(=O)NS(=O)(=O)C3CC3)C[C@H]2/C=C\CCCCC[C@H](NS(=O)(=O)c2ccccc2)C(=O)N2C[C@H](OC(=O)N3Cc4cc5c(cc4C3)OCO5)C[C@@H]12. The highest BCUT2D eigenvalue weighted by Gasteiger charge is 2.62. The Labute approximate surface area is 319 Å². The summed E-state index contributed by atoms with van der Waals surface area (Å²) in [5.41, 5.74) is 0.148. The van der Waals surface area contributed by atoms with Crippen molar-refractivity contribution in [3.05, 3.63) is 65.7 Å². The van der Waals surface area contributed by atoms with Crippen molar-refractivity contribution in [2.24, 2.45) is 5.92 Å². The van der Waals surface area contributed by atoms with Gasteiger partial charge in [0.25, 0.3) is 5.91 Å². The molecule has 2 saturated carbocycles. The van der Waals surface area contributed by atoms with Crippen LogP contribution in [0.5, 0.6) is 11.5 Å². The smallest absolute Gasteiger partial charge is 0.410 e. The molecule has 4 aliphatic heterocycles. The summed E-state index contributed by atoms with van der Waals surface area (Å²) in [6.45, 7) is 0.377. The normalized spacial score (nSPS) is 28.5. The van der Waals surface area contributed by atoms with Crippen LogP contribution in [0.1, 0.15) is 68.9 Å². The maximum absolute atomic E-state index is 14.5. The number of hydrogen-bond acceptors (Lipinski definition) is 11. The molecule has 3 fully saturated rings. The van der Waals surface area contributed by atoms with Gasteiger partial charge in [-0.2, -0.15) is 4.72 Å². The number of fused-ring (bicyclic) bond motifs is 4. The second kappa shape index (κ2) is 14.4. The lowest BCUT2D eigenvalue weighted by Crippen LogP contribution is -2.58. The third-order valence-electron chi connectivity index (χ3n) is 11.1. The van der Waals surface area contributed by atoms with Crippen molar-refractivity contribution in [1.29, 1.82) is 0 Å². The number of carbonyl (C=O) groups is 4. The Morgan fingerprint density at radius 3 is 2.33 bits per heavy atom. The molecule has 2 aliphatic carbocycles. The number of benzene rings is 2. The van der Waals surface area contributed by atoms with E-state index >= 15 is 0 Å². The molecular weight excluding hydrogens is 755 g/mol. The van der Waals surface area contributed by atoms with E-state index in [-0.39, 0.29) is 50.6 Å². The predicted octanol–water partition coefficient (Wildman–Crippen LogP) is 2.19. The van der Waals surface area contributed by atoms with E-state index in [9.17, 15) is 36.0 Å². The van der Waals surface area contributed by atoms with Crippen LogP contribution in [0.15, 0.2) is 59.5 Å². The lowest BCUT2D eigenvalue weighted by Gasteiger charge is -2.29. The zero-order valence-electron chi connectivity index (χ0n) is 30.0. The summed E-state index contributed by atoms with van der Waals surface area (Å²) in [4.78, 5) is 58.7. The Morgan fingerprint density at radius 2 is 1.64 bits per heavy atom. The van der Waals surface area contributed by atoms with Gasteiger partial charge in [-0.05, 0) is 73.9 Å². The quantitative estimate of drug-likeness (QED) is 0.346. The standard InChI is InChI=1S/C37H43N5O11S2/c43-33-30-17-26(53-36(46)41-19-23-15-31-32(52-22-51-31)16-24(23)20-41)21-42(30)34(44)29(39-54(47,48)27-10-6-4-7-11-27)12-8-3-1-2-5-9-25-18-37(25,38-33)35(45)40-55(49,50)28-13-14-28/h4-7,9-11,15-16,25-26,28-30,39H,1-3,8,12-14,17-22H2,(H,38,43)(H,40,45)/b9-5-/t25-,26-,29+,30+,37-/m1/s1. The van der Waals surface area contributed by atoms with E-state index in [1.54, 1.807) is 18.2 Å². The molecule has 0 aromatic heterocycles. The number of nitrogens with zero attached hydrogens (tertiary/aromatic N) is 2. The Bertz CT molecular complexity index is 2110. The predicted molar refractivity (Wildman–Crippen MR) is 194 cm³/mol. The number of carbonyl (C=O) groups excluding carboxylic acids is 4. The highest BCUT2D eigenvalue weighted by atomic mass is 32.2. The van der Waals surface area contributed by atoms with E-state index in [0.717, 1.165) is 11.1 Å². The number of ether oxygens (including phenoxy) is 3. The molecular formula is C37H43N5O11S2. The van der Waals surface area contributed by atoms with Crippen LogP contribution in [0.2, 0.25) is 0 Å². The van der Waals surface area contributed by atoms with Crippen molar-refractivity contribution < 1.29 is 50.2 Å². The van der Waals surface area contributed by atoms with E-state index in [1.807, 2.05) is 24.3 Å². The summed E-state index contributed by atoms with van der Waals surface area (Å²) in [7, 11) is -8.10. The number of nitrogens with one attached hydrogen (secondary N) is 3. The largest absolute Gasteiger partial charge is 0.454 e. The van der Waals surface area contributed by atoms with Crippen LogP contribution in [0.25, 0.3) is 0 Å². The first-order valence-corrected chi connectivity index (χ1v) is 21.7. The molecule has 0 spiro atoms. The van der Waals surface area contributed by atoms with Gasteiger partial charge < -0.3 is 24.4 Å². The number of rotatable bonds is 7. The Hall–Kier alpha value is -4.68. The summed E-state index contributed by atoms with van der Waals surface area (Å²) < 4.78 is 74.3. The van der Waals surface area contributed by atoms with Crippen molar-refractivity contribution in [3.63, 3.8) is 0 Å². The minimum Gasteiger partial charge on any atom is -0.454 e. The molecule has 0 unspecified atom stereocenters. The van der Waals surface area contributed by atoms with Crippen LogP contribution in [0.4, 0.5) is 4.79 Å². The maximum Gasteiger partial charge on any atom is 0.410 e. The fourth-order valence-electron chi connectivity index (χ4n) is 7.81. The molecule has 2 aromatic carbocycles. The Balaban J connectivity index is 1.06. The topological polar surface area (TPSA) is 207 Å². The zero-order chi connectivity index (χ0) is 38.5. The van der Waals surface area contributed by atoms with Gasteiger partial charge in [-0.3, -0.25) is 24.0 Å². The first kappa shape index (κ1) is 37.3. The van der Waals surface area contributed by atoms with E-state index < -0.39 is 78.8 Å². The van der Waals surface area contributed by atoms with E-state index in [0.29, 0.717) is 50.0 Å². The molecule has 4 heterocycles. The van der Waals surface area contributed by atoms with Crippen LogP contribution in [0.3, 0.4) is 0 Å². The monoisotopic (exact) mass is 797 g/mol. The molecule has 4 amide bonds. The maximum atomic E-state index is 14.5. The second-order valence-electron chi connectivity index (χ2n) is 15.1. The minimum atomic E-state index is -4.16. The first-order chi connectivity index (χ1) is 26.3. The van der Waals surface area contributed by atoms with E-state index in [4.69, 9.17) is 14.2 Å². The summed E-state index contributed by atoms with van der Waals surface area (Å²) >= 11 is 0. The average Bonchev–Trinajstić information content (AvgIpc) is 3.97. The van der Waals surface area contributed by atoms with Crippen molar-refractivity contribution in [1.82, 2.24) is 24.6 Å². The van der Waals surface area contributed by atoms with E-state index in [2.05, 4.69) is 14.8 Å². The molecule has 5 atom stereocenters. The van der Waals surface area contributed by atoms with Gasteiger partial charge in [-0.15, -0.1) is 0 Å². The Kier molecular flexibility index (Phi) is 9.78. The minimum absolute atomic E-state index is 0.0322. The lowest BCUT2D eigenvalue weighted by atomic mass is 10.1. The van der Waals surface area contributed by atoms with Crippen molar-refractivity contribution in [2.45, 2.75) is 105 Å². The van der Waals surface area contributed by atoms with Crippen molar-refractivity contribution in [3.8, 4) is 11.5 Å². The molecule has 18 heteroatoms. The number of amides is 4. The number of sulfonamides is 2.